The van der Waals surface area contributed by atoms with E-state index in [0.29, 0.717) is 57.6 Å². The number of aromatic amines is 2. The van der Waals surface area contributed by atoms with Gasteiger partial charge in [-0.1, -0.05) is 0 Å². The number of imidazole rings is 1. The minimum Gasteiger partial charge on any atom is -1.00 e. The Balaban J connectivity index is 0.00000380. The van der Waals surface area contributed by atoms with Crippen molar-refractivity contribution in [1.29, 1.82) is 0 Å². The third kappa shape index (κ3) is 5.76. The molecule has 196 valence electrons. The second-order valence-electron chi connectivity index (χ2n) is 7.82. The van der Waals surface area contributed by atoms with Gasteiger partial charge in [0.2, 0.25) is 5.75 Å². The Kier molecular flexibility index (Phi) is 8.93. The smallest absolute Gasteiger partial charge is 0.283 e. The standard InChI is InChI=1S/C24H27N7O5.ClH/c1-33-18-6-5-13(7-17(18)28-24(32)16(25)10-15-11-26-12-27-15)21-22(30-31-29-21)14-8-19(34-2)23(36-4)20(9-14)35-3;/h5-9,11-12,16H,10,25H2,1-4H3,(H,26,27)(H,28,32)(H,29,30,31);1H. The molecule has 2 aromatic heterocycles. The lowest BCUT2D eigenvalue weighted by Gasteiger charge is -2.15. The first-order valence-corrected chi connectivity index (χ1v) is 11.0. The molecule has 0 aliphatic carbocycles. The van der Waals surface area contributed by atoms with E-state index in [2.05, 4.69) is 36.4 Å². The van der Waals surface area contributed by atoms with Crippen molar-refractivity contribution in [3.8, 4) is 45.5 Å². The van der Waals surface area contributed by atoms with Crippen molar-refractivity contribution in [3.63, 3.8) is 0 Å². The molecule has 0 saturated carbocycles. The zero-order valence-electron chi connectivity index (χ0n) is 20.8. The molecule has 2 aromatic carbocycles. The van der Waals surface area contributed by atoms with Crippen LogP contribution < -0.4 is 42.4 Å². The van der Waals surface area contributed by atoms with E-state index in [-0.39, 0.29) is 18.3 Å². The Morgan fingerprint density at radius 2 is 1.59 bits per heavy atom. The average molecular weight is 530 g/mol. The van der Waals surface area contributed by atoms with Crippen LogP contribution in [0.5, 0.6) is 23.0 Å². The summed E-state index contributed by atoms with van der Waals surface area (Å²) in [7, 11) is 6.17. The molecule has 0 aliphatic heterocycles. The fourth-order valence-corrected chi connectivity index (χ4v) is 3.79. The van der Waals surface area contributed by atoms with Crippen LogP contribution in [0, 0.1) is 0 Å². The fourth-order valence-electron chi connectivity index (χ4n) is 3.79. The van der Waals surface area contributed by atoms with E-state index in [1.54, 1.807) is 58.1 Å². The largest absolute Gasteiger partial charge is 1.00 e. The molecule has 37 heavy (non-hydrogen) atoms. The van der Waals surface area contributed by atoms with E-state index in [9.17, 15) is 4.79 Å². The highest BCUT2D eigenvalue weighted by atomic mass is 35.5. The second-order valence-corrected chi connectivity index (χ2v) is 7.82. The lowest BCUT2D eigenvalue weighted by molar-refractivity contribution is -0.402. The predicted molar refractivity (Wildman–Crippen MR) is 131 cm³/mol. The van der Waals surface area contributed by atoms with Crippen LogP contribution in [0.1, 0.15) is 5.69 Å². The summed E-state index contributed by atoms with van der Waals surface area (Å²) in [5, 5.41) is 14.3. The number of methoxy groups -OCH3 is 4. The number of hydrogen-bond donors (Lipinski definition) is 4. The van der Waals surface area contributed by atoms with Gasteiger partial charge < -0.3 is 47.4 Å². The summed E-state index contributed by atoms with van der Waals surface area (Å²) in [5.74, 6) is 1.69. The van der Waals surface area contributed by atoms with Gasteiger partial charge >= 0.3 is 0 Å². The summed E-state index contributed by atoms with van der Waals surface area (Å²) < 4.78 is 21.8. The van der Waals surface area contributed by atoms with Gasteiger partial charge in [0.1, 0.15) is 17.1 Å². The van der Waals surface area contributed by atoms with Crippen molar-refractivity contribution in [2.45, 2.75) is 12.5 Å². The van der Waals surface area contributed by atoms with E-state index < -0.39 is 6.04 Å². The summed E-state index contributed by atoms with van der Waals surface area (Å²) in [5.41, 5.74) is 7.81. The van der Waals surface area contributed by atoms with Gasteiger partial charge in [-0.2, -0.15) is 15.4 Å². The molecule has 0 bridgehead atoms. The highest BCUT2D eigenvalue weighted by molar-refractivity contribution is 5.96. The average Bonchev–Trinajstić information content (AvgIpc) is 3.60. The van der Waals surface area contributed by atoms with Crippen LogP contribution in [0.15, 0.2) is 42.9 Å². The van der Waals surface area contributed by atoms with Gasteiger partial charge in [-0.15, -0.1) is 0 Å². The molecule has 0 radical (unpaired) electrons. The van der Waals surface area contributed by atoms with Gasteiger partial charge in [-0.3, -0.25) is 4.79 Å². The van der Waals surface area contributed by atoms with Crippen molar-refractivity contribution < 1.29 is 41.9 Å². The number of nitrogens with zero attached hydrogens (tertiary/aromatic N) is 3. The Morgan fingerprint density at radius 3 is 2.16 bits per heavy atom. The number of rotatable bonds is 10. The summed E-state index contributed by atoms with van der Waals surface area (Å²) in [6.07, 6.45) is 3.65. The van der Waals surface area contributed by atoms with Crippen LogP contribution in [0.2, 0.25) is 0 Å². The molecule has 6 N–H and O–H groups in total. The molecule has 1 atom stereocenters. The third-order valence-corrected chi connectivity index (χ3v) is 5.61. The monoisotopic (exact) mass is 529 g/mol. The molecule has 13 heteroatoms. The van der Waals surface area contributed by atoms with E-state index >= 15 is 0 Å². The number of H-pyrrole nitrogens is 2. The molecule has 1 unspecified atom stereocenters. The molecule has 4 aromatic rings. The predicted octanol–water partition coefficient (Wildman–Crippen LogP) is -1.31. The molecular formula is C24H28ClN7O5. The Labute approximate surface area is 219 Å². The molecule has 0 spiro atoms. The molecule has 0 fully saturated rings. The van der Waals surface area contributed by atoms with Gasteiger partial charge in [0, 0.05) is 23.0 Å². The normalized spacial score (nSPS) is 11.3. The van der Waals surface area contributed by atoms with Crippen molar-refractivity contribution >= 4 is 11.6 Å². The van der Waals surface area contributed by atoms with Gasteiger partial charge in [0.15, 0.2) is 17.5 Å². The SMILES string of the molecule is COc1ccc(-c2n[nH]nc2-c2cc(OC)c(OC)c(OC)c2)cc1NC(=O)C([NH3+])Cc1cnc[nH]1.[Cl-]. The van der Waals surface area contributed by atoms with Crippen LogP contribution in [0.25, 0.3) is 22.5 Å². The number of carbonyl (C=O) groups excluding carboxylic acids is 1. The van der Waals surface area contributed by atoms with E-state index in [0.717, 1.165) is 5.69 Å². The number of hydrogen-bond acceptors (Lipinski definition) is 8. The number of halogens is 1. The summed E-state index contributed by atoms with van der Waals surface area (Å²) in [4.78, 5) is 19.8. The van der Waals surface area contributed by atoms with Crippen LogP contribution in [-0.4, -0.2) is 65.8 Å². The van der Waals surface area contributed by atoms with E-state index in [4.69, 9.17) is 18.9 Å². The van der Waals surface area contributed by atoms with Gasteiger partial charge in [-0.05, 0) is 30.3 Å². The molecule has 0 aliphatic rings. The highest BCUT2D eigenvalue weighted by Crippen LogP contribution is 2.42. The number of quaternary nitrogens is 1. The highest BCUT2D eigenvalue weighted by Gasteiger charge is 2.22. The maximum absolute atomic E-state index is 12.9. The van der Waals surface area contributed by atoms with Crippen molar-refractivity contribution in [1.82, 2.24) is 25.4 Å². The Morgan fingerprint density at radius 1 is 0.946 bits per heavy atom. The summed E-state index contributed by atoms with van der Waals surface area (Å²) >= 11 is 0. The number of aromatic nitrogens is 5. The van der Waals surface area contributed by atoms with Crippen LogP contribution in [0.3, 0.4) is 0 Å². The minimum atomic E-state index is -0.541. The maximum Gasteiger partial charge on any atom is 0.283 e. The molecular weight excluding hydrogens is 502 g/mol. The van der Waals surface area contributed by atoms with Crippen LogP contribution in [0.4, 0.5) is 5.69 Å². The number of benzene rings is 2. The fraction of sp³-hybridized carbons (Fsp3) is 0.250. The van der Waals surface area contributed by atoms with Crippen molar-refractivity contribution in [2.75, 3.05) is 33.8 Å². The zero-order chi connectivity index (χ0) is 25.7. The number of ether oxygens (including phenoxy) is 4. The third-order valence-electron chi connectivity index (χ3n) is 5.61. The van der Waals surface area contributed by atoms with Crippen LogP contribution in [-0.2, 0) is 11.2 Å². The maximum atomic E-state index is 12.9. The number of amides is 1. The summed E-state index contributed by atoms with van der Waals surface area (Å²) in [6.45, 7) is 0. The lowest BCUT2D eigenvalue weighted by Crippen LogP contribution is -3.00. The first-order chi connectivity index (χ1) is 17.5. The number of nitrogens with one attached hydrogen (secondary N) is 3. The number of carbonyl (C=O) groups is 1. The lowest BCUT2D eigenvalue weighted by atomic mass is 10.0. The second kappa shape index (κ2) is 12.1. The molecule has 4 rings (SSSR count). The molecule has 2 heterocycles. The van der Waals surface area contributed by atoms with Gasteiger partial charge in [-0.25, -0.2) is 4.98 Å². The summed E-state index contributed by atoms with van der Waals surface area (Å²) in [6, 6.07) is 8.40. The number of anilines is 1. The Bertz CT molecular complexity index is 1320. The van der Waals surface area contributed by atoms with Gasteiger partial charge in [0.05, 0.1) is 46.9 Å². The van der Waals surface area contributed by atoms with E-state index in [1.807, 2.05) is 6.07 Å². The quantitative estimate of drug-likeness (QED) is 0.197. The first-order valence-electron chi connectivity index (χ1n) is 11.0. The van der Waals surface area contributed by atoms with E-state index in [1.165, 1.54) is 7.11 Å². The molecule has 0 saturated heterocycles. The van der Waals surface area contributed by atoms with Crippen molar-refractivity contribution in [3.05, 3.63) is 48.5 Å². The van der Waals surface area contributed by atoms with Crippen LogP contribution >= 0.6 is 0 Å². The molecule has 1 amide bonds. The van der Waals surface area contributed by atoms with Crippen molar-refractivity contribution in [2.24, 2.45) is 0 Å². The van der Waals surface area contributed by atoms with Gasteiger partial charge in [0.25, 0.3) is 5.91 Å². The first kappa shape index (κ1) is 27.3. The Hall–Kier alpha value is -4.29. The minimum absolute atomic E-state index is 0. The zero-order valence-corrected chi connectivity index (χ0v) is 21.5. The topological polar surface area (TPSA) is 164 Å². The molecule has 12 nitrogen and oxygen atoms in total.